The van der Waals surface area contributed by atoms with Crippen LogP contribution in [0, 0.1) is 6.07 Å². The molecule has 0 saturated carbocycles. The van der Waals surface area contributed by atoms with Crippen LogP contribution in [-0.4, -0.2) is 24.0 Å². The summed E-state index contributed by atoms with van der Waals surface area (Å²) in [5.74, 6) is -2.90. The van der Waals surface area contributed by atoms with Crippen LogP contribution in [0.25, 0.3) is 0 Å². The fraction of sp³-hybridized carbons (Fsp3) is 0.200. The van der Waals surface area contributed by atoms with Gasteiger partial charge in [-0.2, -0.15) is 30.3 Å². The molecule has 1 unspecified atom stereocenters. The van der Waals surface area contributed by atoms with Crippen molar-refractivity contribution in [2.24, 2.45) is 0 Å². The molecule has 176 valence electrons. The van der Waals surface area contributed by atoms with E-state index in [4.69, 9.17) is 5.11 Å². The molecule has 47 heavy (non-hydrogen) atoms. The average molecular weight is 3220 g/mol. The first kappa shape index (κ1) is 225. The van der Waals surface area contributed by atoms with Crippen LogP contribution in [-0.2, 0) is 1080 Å². The van der Waals surface area contributed by atoms with E-state index >= 15 is 0 Å². The molecule has 1 atom stereocenters. The molecule has 2 N–H and O–H groups in total. The van der Waals surface area contributed by atoms with E-state index < -0.39 is 17.8 Å². The second kappa shape index (κ2) is 185. The van der Waals surface area contributed by atoms with Crippen molar-refractivity contribution in [2.45, 2.75) is 5.92 Å². The van der Waals surface area contributed by atoms with E-state index in [1.165, 1.54) is 7.05 Å². The van der Waals surface area contributed by atoms with Crippen molar-refractivity contribution < 1.29 is 1080 Å². The number of carboxylic acid groups (broad SMARTS) is 1. The molecule has 0 fully saturated rings. The SMILES string of the molecule is CNC(=O)C(C(=O)O)c1[c-]cccc1.[W].[Y].[Y].[Y].[Y].[Y].[Y].[Y].[Y].[Y].[Y].[Y].[Y].[Y].[Y].[Y].[Y].[Y].[Y].[Y].[Y].[Y].[Y].[Y].[Y].[Y].[Y].[Y].[Y].[Y].[Y].[Y].[Y]. The van der Waals surface area contributed by atoms with Gasteiger partial charge in [-0.3, -0.25) is 9.59 Å². The number of carboxylic acids is 1. The van der Waals surface area contributed by atoms with Crippen molar-refractivity contribution in [1.29, 1.82) is 0 Å². The third-order valence-corrected chi connectivity index (χ3v) is 1.80. The van der Waals surface area contributed by atoms with Crippen LogP contribution in [0.15, 0.2) is 24.3 Å². The van der Waals surface area contributed by atoms with Gasteiger partial charge in [0.1, 0.15) is 5.92 Å². The molecule has 0 saturated heterocycles. The first-order valence-corrected chi connectivity index (χ1v) is 4.08. The molecular weight excluding hydrogens is 3210 g/mol. The molecule has 0 heterocycles. The fourth-order valence-electron chi connectivity index (χ4n) is 1.12. The van der Waals surface area contributed by atoms with Crippen molar-refractivity contribution in [3.8, 4) is 0 Å². The van der Waals surface area contributed by atoms with Crippen LogP contribution in [0.2, 0.25) is 0 Å². The van der Waals surface area contributed by atoms with E-state index in [2.05, 4.69) is 11.4 Å². The number of amides is 1. The summed E-state index contributed by atoms with van der Waals surface area (Å²) in [6.07, 6.45) is 0. The zero-order valence-electron chi connectivity index (χ0n) is 26.5. The molecule has 0 aliphatic heterocycles. The Morgan fingerprint density at radius 2 is 0.702 bits per heavy atom. The minimum atomic E-state index is -1.18. The Balaban J connectivity index is -0.00000000192. The van der Waals surface area contributed by atoms with Gasteiger partial charge in [-0.25, -0.2) is 0 Å². The maximum absolute atomic E-state index is 11.2. The monoisotopic (exact) mass is 3220 g/mol. The predicted molar refractivity (Wildman–Crippen MR) is 49.7 cm³/mol. The summed E-state index contributed by atoms with van der Waals surface area (Å²) in [7, 11) is 1.40. The van der Waals surface area contributed by atoms with Gasteiger partial charge in [0.25, 0.3) is 0 Å². The Morgan fingerprint density at radius 3 is 0.830 bits per heavy atom. The number of hydrogen-bond acceptors (Lipinski definition) is 2. The average Bonchev–Trinajstić information content (AvgIpc) is 2.19. The summed E-state index contributed by atoms with van der Waals surface area (Å²) in [6, 6.07) is 9.25. The van der Waals surface area contributed by atoms with Crippen molar-refractivity contribution in [1.82, 2.24) is 5.32 Å². The van der Waals surface area contributed by atoms with E-state index in [1.54, 1.807) is 24.3 Å². The Labute approximate surface area is 1110 Å². The minimum absolute atomic E-state index is 0. The second-order valence-corrected chi connectivity index (χ2v) is 2.70. The molecule has 1 aromatic rings. The van der Waals surface area contributed by atoms with E-state index in [-0.39, 0.29) is 1070 Å². The largest absolute Gasteiger partial charge is 0.480 e. The first-order valence-electron chi connectivity index (χ1n) is 4.08. The molecule has 4 nitrogen and oxygen atoms in total. The summed E-state index contributed by atoms with van der Waals surface area (Å²) in [4.78, 5) is 22.1. The summed E-state index contributed by atoms with van der Waals surface area (Å²) in [5, 5.41) is 11.2. The molecule has 0 bridgehead atoms. The summed E-state index contributed by atoms with van der Waals surface area (Å²) < 4.78 is 0. The number of likely N-dealkylation sites (N-methyl/N-ethyl adjacent to an activating group) is 1. The van der Waals surface area contributed by atoms with Gasteiger partial charge in [-0.05, 0) is 0 Å². The second-order valence-electron chi connectivity index (χ2n) is 2.70. The molecule has 32 radical (unpaired) electrons. The van der Waals surface area contributed by atoms with Gasteiger partial charge in [-0.1, -0.05) is 0 Å². The molecule has 0 spiro atoms. The van der Waals surface area contributed by atoms with Crippen LogP contribution >= 0.6 is 0 Å². The van der Waals surface area contributed by atoms with E-state index in [0.29, 0.717) is 5.56 Å². The molecule has 0 aliphatic rings. The van der Waals surface area contributed by atoms with Crippen LogP contribution in [0.3, 0.4) is 0 Å². The molecular formula is C10H10NO3WY32-. The molecule has 1 rings (SSSR count). The predicted octanol–water partition coefficient (Wildman–Crippen LogP) is 0.318. The number of hydrogen-bond donors (Lipinski definition) is 2. The summed E-state index contributed by atoms with van der Waals surface area (Å²) >= 11 is 0. The quantitative estimate of drug-likeness (QED) is 0.339. The minimum Gasteiger partial charge on any atom is -0.480 e. The van der Waals surface area contributed by atoms with Crippen LogP contribution in [0.5, 0.6) is 0 Å². The normalized spacial score (nSPS) is 3.51. The molecule has 1 amide bonds. The maximum Gasteiger partial charge on any atom is 0.318 e. The molecule has 0 aromatic heterocycles. The van der Waals surface area contributed by atoms with Crippen molar-refractivity contribution in [2.75, 3.05) is 7.05 Å². The van der Waals surface area contributed by atoms with Gasteiger partial charge in [0.05, 0.1) is 0 Å². The van der Waals surface area contributed by atoms with Crippen LogP contribution in [0.4, 0.5) is 0 Å². The topological polar surface area (TPSA) is 66.4 Å². The number of nitrogens with one attached hydrogen (secondary N) is 1. The number of carbonyl (C=O) groups excluding carboxylic acids is 1. The summed E-state index contributed by atoms with van der Waals surface area (Å²) in [6.45, 7) is 0. The van der Waals surface area contributed by atoms with Crippen molar-refractivity contribution >= 4 is 11.9 Å². The Hall–Kier alpha value is 34.2. The van der Waals surface area contributed by atoms with Gasteiger partial charge >= 0.3 is 5.97 Å². The van der Waals surface area contributed by atoms with Crippen molar-refractivity contribution in [3.05, 3.63) is 35.9 Å². The number of carbonyl (C=O) groups is 2. The zero-order chi connectivity index (χ0) is 10.6. The Bertz CT molecular complexity index is 382. The van der Waals surface area contributed by atoms with E-state index in [9.17, 15) is 9.59 Å². The van der Waals surface area contributed by atoms with E-state index in [0.717, 1.165) is 0 Å². The molecule has 37 heteroatoms. The van der Waals surface area contributed by atoms with E-state index in [1.807, 2.05) is 0 Å². The number of benzene rings is 1. The molecule has 1 aromatic carbocycles. The third kappa shape index (κ3) is 155. The summed E-state index contributed by atoms with van der Waals surface area (Å²) in [5.41, 5.74) is 0.361. The Morgan fingerprint density at radius 1 is 0.489 bits per heavy atom. The third-order valence-electron chi connectivity index (χ3n) is 1.80. The van der Waals surface area contributed by atoms with Crippen molar-refractivity contribution in [3.63, 3.8) is 0 Å². The molecule has 0 aliphatic carbocycles. The van der Waals surface area contributed by atoms with Gasteiger partial charge in [0.15, 0.2) is 0 Å². The van der Waals surface area contributed by atoms with Gasteiger partial charge in [-0.15, -0.1) is 5.56 Å². The van der Waals surface area contributed by atoms with Crippen LogP contribution in [0.1, 0.15) is 11.5 Å². The standard InChI is InChI=1S/C10H10NO3.W.32Y/c1-11-9(12)8(10(13)14)7-5-3-2-4-6-7;;;;;;;;;;;;;;;;;;;;;;;;;;;;;;;;;/h2-5,8H,1H3,(H,11,12)(H,13,14);;;;;;;;;;;;;;;;;;;;;;;;;;;;;;;;;/q-1;;;;;;;;;;;;;;;;;;;;;;;;;;;;;;;;;. The fourth-order valence-corrected chi connectivity index (χ4v) is 1.12. The zero-order valence-corrected chi connectivity index (χ0v) is 120. The number of rotatable bonds is 3. The van der Waals surface area contributed by atoms with Gasteiger partial charge < -0.3 is 10.4 Å². The smallest absolute Gasteiger partial charge is 0.318 e. The number of aliphatic carboxylic acids is 1. The Kier molecular flexibility index (Phi) is 883. The van der Waals surface area contributed by atoms with Gasteiger partial charge in [0, 0.05) is 1070 Å². The van der Waals surface area contributed by atoms with Gasteiger partial charge in [0.2, 0.25) is 5.91 Å². The van der Waals surface area contributed by atoms with Crippen LogP contribution < -0.4 is 5.32 Å². The first-order chi connectivity index (χ1) is 6.66. The maximum atomic E-state index is 11.2.